The van der Waals surface area contributed by atoms with Gasteiger partial charge in [0.15, 0.2) is 5.75 Å². The maximum absolute atomic E-state index is 12.5. The van der Waals surface area contributed by atoms with Gasteiger partial charge in [0.2, 0.25) is 4.88 Å². The van der Waals surface area contributed by atoms with Crippen LogP contribution in [0.5, 0.6) is 5.75 Å². The van der Waals surface area contributed by atoms with Crippen LogP contribution >= 0.6 is 22.4 Å². The summed E-state index contributed by atoms with van der Waals surface area (Å²) in [5, 5.41) is 24.2. The number of benzene rings is 1. The smallest absolute Gasteiger partial charge is 0.466 e. The van der Waals surface area contributed by atoms with Crippen LogP contribution in [0, 0.1) is 10.1 Å². The molecule has 3 rings (SSSR count). The number of thiophene rings is 1. The van der Waals surface area contributed by atoms with Gasteiger partial charge in [-0.3, -0.25) is 14.9 Å². The Bertz CT molecular complexity index is 880. The molecule has 0 radical (unpaired) electrons. The molecule has 1 aliphatic heterocycles. The average molecular weight is 399 g/mol. The van der Waals surface area contributed by atoms with Gasteiger partial charge in [-0.2, -0.15) is 0 Å². The third kappa shape index (κ3) is 3.14. The number of rotatable bonds is 3. The first-order chi connectivity index (χ1) is 12.1. The second-order valence-corrected chi connectivity index (χ2v) is 8.18. The number of halogens is 1. The molecule has 3 atom stereocenters. The molecule has 8 nitrogen and oxygen atoms in total. The Morgan fingerprint density at radius 2 is 2.00 bits per heavy atom. The first kappa shape index (κ1) is 18.6. The SMILES string of the molecule is CC1(C)Oc2cc([N+](=O)[O-])[s+]([O-])c2C(NC(=O)c2ccc(Cl)cc2)C1O. The Morgan fingerprint density at radius 3 is 2.58 bits per heavy atom. The summed E-state index contributed by atoms with van der Waals surface area (Å²) in [7, 11) is -2.15. The number of carbonyl (C=O) groups is 1. The van der Waals surface area contributed by atoms with E-state index in [1.165, 1.54) is 24.3 Å². The van der Waals surface area contributed by atoms with Crippen molar-refractivity contribution in [2.45, 2.75) is 31.6 Å². The lowest BCUT2D eigenvalue weighted by Crippen LogP contribution is -2.53. The van der Waals surface area contributed by atoms with Crippen molar-refractivity contribution in [2.75, 3.05) is 0 Å². The lowest BCUT2D eigenvalue weighted by atomic mass is 9.90. The first-order valence-corrected chi connectivity index (χ1v) is 9.10. The maximum Gasteiger partial charge on any atom is 0.466 e. The van der Waals surface area contributed by atoms with Crippen molar-refractivity contribution in [3.63, 3.8) is 0 Å². The van der Waals surface area contributed by atoms with E-state index in [9.17, 15) is 24.6 Å². The largest absolute Gasteiger partial charge is 0.585 e. The normalized spacial score (nSPS) is 21.5. The molecule has 10 heteroatoms. The highest BCUT2D eigenvalue weighted by Gasteiger charge is 2.50. The van der Waals surface area contributed by atoms with Gasteiger partial charge in [-0.25, -0.2) is 0 Å². The number of carbonyl (C=O) groups excluding carboxylic acids is 1. The van der Waals surface area contributed by atoms with Gasteiger partial charge in [0, 0.05) is 21.3 Å². The number of hydrogen-bond acceptors (Lipinski definition) is 6. The van der Waals surface area contributed by atoms with E-state index < -0.39 is 44.3 Å². The number of hydrogen-bond donors (Lipinski definition) is 2. The molecule has 1 amide bonds. The number of nitrogens with zero attached hydrogens (tertiary/aromatic N) is 1. The monoisotopic (exact) mass is 398 g/mol. The van der Waals surface area contributed by atoms with Crippen LogP contribution in [-0.2, 0) is 0 Å². The summed E-state index contributed by atoms with van der Waals surface area (Å²) in [6, 6.07) is 6.02. The fraction of sp³-hybridized carbons (Fsp3) is 0.312. The van der Waals surface area contributed by atoms with Gasteiger partial charge in [-0.05, 0) is 38.1 Å². The van der Waals surface area contributed by atoms with E-state index in [1.54, 1.807) is 13.8 Å². The van der Waals surface area contributed by atoms with Crippen molar-refractivity contribution in [3.05, 3.63) is 55.9 Å². The van der Waals surface area contributed by atoms with E-state index in [4.69, 9.17) is 16.3 Å². The Balaban J connectivity index is 2.01. The lowest BCUT2D eigenvalue weighted by Gasteiger charge is -2.39. The summed E-state index contributed by atoms with van der Waals surface area (Å²) in [5.74, 6) is -0.506. The van der Waals surface area contributed by atoms with Crippen molar-refractivity contribution in [1.29, 1.82) is 0 Å². The number of aliphatic hydroxyl groups is 1. The minimum Gasteiger partial charge on any atom is -0.585 e. The number of ether oxygens (including phenoxy) is 1. The zero-order chi connectivity index (χ0) is 19.2. The Kier molecular flexibility index (Phi) is 4.65. The van der Waals surface area contributed by atoms with Crippen LogP contribution in [0.1, 0.15) is 35.1 Å². The quantitative estimate of drug-likeness (QED) is 0.465. The maximum atomic E-state index is 12.5. The summed E-state index contributed by atoms with van der Waals surface area (Å²) >= 11 is 5.80. The summed E-state index contributed by atoms with van der Waals surface area (Å²) in [4.78, 5) is 22.8. The van der Waals surface area contributed by atoms with Gasteiger partial charge in [-0.15, -0.1) is 0 Å². The molecule has 1 aromatic heterocycles. The molecule has 0 spiro atoms. The Hall–Kier alpha value is -2.20. The topological polar surface area (TPSA) is 125 Å². The second-order valence-electron chi connectivity index (χ2n) is 6.35. The summed E-state index contributed by atoms with van der Waals surface area (Å²) < 4.78 is 18.1. The van der Waals surface area contributed by atoms with E-state index in [0.29, 0.717) is 5.02 Å². The standard InChI is InChI=1S/C16H15ClN2O6S/c1-16(2)14(20)12(18-15(21)8-3-5-9(17)6-4-8)13-10(25-16)7-11(19(22)23)26(13)24/h3-7,12,14,20H,1-2H3,(H,18,21). The third-order valence-corrected chi connectivity index (χ3v) is 5.90. The molecule has 2 heterocycles. The molecular formula is C16H15ClN2O6S. The highest BCUT2D eigenvalue weighted by molar-refractivity contribution is 7.28. The van der Waals surface area contributed by atoms with Crippen molar-refractivity contribution >= 4 is 33.3 Å². The zero-order valence-electron chi connectivity index (χ0n) is 13.8. The molecule has 2 N–H and O–H groups in total. The summed E-state index contributed by atoms with van der Waals surface area (Å²) in [6.45, 7) is 3.15. The number of nitrogens with one attached hydrogen (secondary N) is 1. The van der Waals surface area contributed by atoms with Crippen LogP contribution in [0.25, 0.3) is 0 Å². The van der Waals surface area contributed by atoms with E-state index in [2.05, 4.69) is 5.32 Å². The molecular weight excluding hydrogens is 384 g/mol. The van der Waals surface area contributed by atoms with Crippen molar-refractivity contribution in [1.82, 2.24) is 5.32 Å². The van der Waals surface area contributed by atoms with Crippen LogP contribution in [0.15, 0.2) is 30.3 Å². The second kappa shape index (κ2) is 6.51. The summed E-state index contributed by atoms with van der Waals surface area (Å²) in [5.41, 5.74) is -0.872. The van der Waals surface area contributed by atoms with E-state index in [0.717, 1.165) is 6.07 Å². The van der Waals surface area contributed by atoms with Crippen LogP contribution in [-0.4, -0.2) is 32.2 Å². The molecule has 0 saturated heterocycles. The van der Waals surface area contributed by atoms with Gasteiger partial charge in [0.05, 0.1) is 0 Å². The Morgan fingerprint density at radius 1 is 1.38 bits per heavy atom. The highest BCUT2D eigenvalue weighted by atomic mass is 35.5. The number of nitro groups is 1. The lowest BCUT2D eigenvalue weighted by molar-refractivity contribution is -0.380. The minimum atomic E-state index is -2.15. The third-order valence-electron chi connectivity index (χ3n) is 4.14. The van der Waals surface area contributed by atoms with Gasteiger partial charge < -0.3 is 19.7 Å². The van der Waals surface area contributed by atoms with Gasteiger partial charge in [-0.1, -0.05) is 11.6 Å². The van der Waals surface area contributed by atoms with Crippen molar-refractivity contribution in [3.8, 4) is 5.75 Å². The fourth-order valence-electron chi connectivity index (χ4n) is 2.77. The average Bonchev–Trinajstić information content (AvgIpc) is 2.88. The summed E-state index contributed by atoms with van der Waals surface area (Å²) in [6.07, 6.45) is -1.26. The minimum absolute atomic E-state index is 0.0224. The molecule has 26 heavy (non-hydrogen) atoms. The molecule has 0 aliphatic carbocycles. The molecule has 0 bridgehead atoms. The molecule has 1 aliphatic rings. The van der Waals surface area contributed by atoms with Crippen molar-refractivity contribution in [2.24, 2.45) is 0 Å². The van der Waals surface area contributed by atoms with E-state index in [1.807, 2.05) is 0 Å². The van der Waals surface area contributed by atoms with Crippen molar-refractivity contribution < 1.29 is 24.1 Å². The Labute approximate surface area is 156 Å². The molecule has 0 saturated carbocycles. The molecule has 0 fully saturated rings. The predicted molar refractivity (Wildman–Crippen MR) is 94.1 cm³/mol. The van der Waals surface area contributed by atoms with Gasteiger partial charge >= 0.3 is 5.00 Å². The molecule has 3 unspecified atom stereocenters. The van der Waals surface area contributed by atoms with E-state index >= 15 is 0 Å². The zero-order valence-corrected chi connectivity index (χ0v) is 15.3. The van der Waals surface area contributed by atoms with Gasteiger partial charge in [0.1, 0.15) is 28.7 Å². The number of fused-ring (bicyclic) bond motifs is 1. The van der Waals surface area contributed by atoms with Crippen LogP contribution in [0.4, 0.5) is 5.00 Å². The number of aliphatic hydroxyl groups excluding tert-OH is 1. The fourth-order valence-corrected chi connectivity index (χ4v) is 4.17. The molecule has 1 aromatic carbocycles. The highest BCUT2D eigenvalue weighted by Crippen LogP contribution is 2.51. The van der Waals surface area contributed by atoms with Crippen LogP contribution in [0.3, 0.4) is 0 Å². The first-order valence-electron chi connectivity index (χ1n) is 7.57. The number of amides is 1. The van der Waals surface area contributed by atoms with Gasteiger partial charge in [0.25, 0.3) is 5.91 Å². The van der Waals surface area contributed by atoms with E-state index in [-0.39, 0.29) is 16.2 Å². The molecule has 2 aromatic rings. The molecule has 138 valence electrons. The van der Waals surface area contributed by atoms with Crippen LogP contribution < -0.4 is 10.1 Å². The van der Waals surface area contributed by atoms with Crippen LogP contribution in [0.2, 0.25) is 5.02 Å². The predicted octanol–water partition coefficient (Wildman–Crippen LogP) is 2.98.